The first kappa shape index (κ1) is 19.1. The van der Waals surface area contributed by atoms with E-state index in [-0.39, 0.29) is 0 Å². The van der Waals surface area contributed by atoms with Gasteiger partial charge in [-0.05, 0) is 22.6 Å². The van der Waals surface area contributed by atoms with E-state index < -0.39 is 0 Å². The third-order valence-electron chi connectivity index (χ3n) is 4.69. The number of nitrogens with one attached hydrogen (secondary N) is 1. The lowest BCUT2D eigenvalue weighted by Gasteiger charge is -2.04. The van der Waals surface area contributed by atoms with E-state index >= 15 is 0 Å². The fourth-order valence-corrected chi connectivity index (χ4v) is 4.02. The van der Waals surface area contributed by atoms with Crippen molar-refractivity contribution in [2.24, 2.45) is 5.10 Å². The van der Waals surface area contributed by atoms with E-state index in [0.29, 0.717) is 5.92 Å². The Bertz CT molecular complexity index is 1030. The molecule has 0 aliphatic heterocycles. The number of benzene rings is 3. The molecule has 0 bridgehead atoms. The number of nitrogens with zero attached hydrogens (tertiary/aromatic N) is 2. The summed E-state index contributed by atoms with van der Waals surface area (Å²) in [6.07, 6.45) is 1.83. The Morgan fingerprint density at radius 1 is 0.828 bits per heavy atom. The maximum absolute atomic E-state index is 4.82. The van der Waals surface area contributed by atoms with Gasteiger partial charge in [-0.3, -0.25) is 5.43 Å². The molecular weight excluding hydrogens is 374 g/mol. The topological polar surface area (TPSA) is 37.3 Å². The molecule has 0 radical (unpaired) electrons. The van der Waals surface area contributed by atoms with Gasteiger partial charge in [0.15, 0.2) is 0 Å². The third-order valence-corrected chi connectivity index (χ3v) is 5.70. The molecule has 0 aliphatic rings. The van der Waals surface area contributed by atoms with Gasteiger partial charge in [0.05, 0.1) is 16.8 Å². The molecule has 0 atom stereocenters. The summed E-state index contributed by atoms with van der Waals surface area (Å²) in [5.74, 6) is 0.530. The van der Waals surface area contributed by atoms with Crippen molar-refractivity contribution in [2.75, 3.05) is 5.43 Å². The Balaban J connectivity index is 1.59. The van der Waals surface area contributed by atoms with Crippen LogP contribution in [0.25, 0.3) is 21.7 Å². The minimum atomic E-state index is 0.530. The number of thiazole rings is 1. The van der Waals surface area contributed by atoms with Crippen molar-refractivity contribution >= 4 is 22.7 Å². The normalized spacial score (nSPS) is 11.3. The maximum Gasteiger partial charge on any atom is 0.204 e. The zero-order valence-corrected chi connectivity index (χ0v) is 17.4. The predicted octanol–water partition coefficient (Wildman–Crippen LogP) is 7.05. The van der Waals surface area contributed by atoms with Gasteiger partial charge in [0.1, 0.15) is 0 Å². The highest BCUT2D eigenvalue weighted by molar-refractivity contribution is 7.19. The first-order valence-electron chi connectivity index (χ1n) is 9.71. The zero-order valence-electron chi connectivity index (χ0n) is 16.5. The van der Waals surface area contributed by atoms with Crippen LogP contribution in [0.2, 0.25) is 0 Å². The minimum absolute atomic E-state index is 0.530. The van der Waals surface area contributed by atoms with Crippen molar-refractivity contribution in [1.29, 1.82) is 0 Å². The first-order valence-corrected chi connectivity index (χ1v) is 10.5. The summed E-state index contributed by atoms with van der Waals surface area (Å²) >= 11 is 1.61. The van der Waals surface area contributed by atoms with Gasteiger partial charge in [-0.25, -0.2) is 4.98 Å². The Kier molecular flexibility index (Phi) is 5.82. The number of hydrogen-bond donors (Lipinski definition) is 1. The summed E-state index contributed by atoms with van der Waals surface area (Å²) in [7, 11) is 0. The van der Waals surface area contributed by atoms with Gasteiger partial charge >= 0.3 is 0 Å². The van der Waals surface area contributed by atoms with Crippen LogP contribution >= 0.6 is 11.3 Å². The molecule has 0 fully saturated rings. The summed E-state index contributed by atoms with van der Waals surface area (Å²) in [6.45, 7) is 4.39. The standard InChI is InChI=1S/C25H23N3S/c1-18(2)20-15-13-19(14-16-20)17-26-28-25-27-23(21-9-5-3-6-10-21)24(29-25)22-11-7-4-8-12-22/h3-18H,1-2H3,(H,27,28)/b26-17-. The average Bonchev–Trinajstić information content (AvgIpc) is 3.20. The van der Waals surface area contributed by atoms with Crippen molar-refractivity contribution < 1.29 is 0 Å². The van der Waals surface area contributed by atoms with Gasteiger partial charge in [0, 0.05) is 5.56 Å². The number of hydrogen-bond acceptors (Lipinski definition) is 4. The van der Waals surface area contributed by atoms with E-state index in [9.17, 15) is 0 Å². The first-order chi connectivity index (χ1) is 14.2. The second kappa shape index (κ2) is 8.84. The molecule has 29 heavy (non-hydrogen) atoms. The lowest BCUT2D eigenvalue weighted by molar-refractivity contribution is 0.866. The molecule has 3 nitrogen and oxygen atoms in total. The van der Waals surface area contributed by atoms with E-state index in [1.807, 2.05) is 30.5 Å². The third kappa shape index (κ3) is 4.61. The fraction of sp³-hybridized carbons (Fsp3) is 0.120. The molecule has 4 aromatic rings. The molecule has 0 unspecified atom stereocenters. The predicted molar refractivity (Wildman–Crippen MR) is 125 cm³/mol. The van der Waals surface area contributed by atoms with E-state index in [1.54, 1.807) is 11.3 Å². The van der Waals surface area contributed by atoms with Crippen molar-refractivity contribution in [1.82, 2.24) is 4.98 Å². The van der Waals surface area contributed by atoms with Crippen LogP contribution in [-0.4, -0.2) is 11.2 Å². The van der Waals surface area contributed by atoms with Crippen molar-refractivity contribution in [2.45, 2.75) is 19.8 Å². The number of hydrazone groups is 1. The second-order valence-electron chi connectivity index (χ2n) is 7.12. The van der Waals surface area contributed by atoms with Gasteiger partial charge < -0.3 is 0 Å². The molecule has 0 aliphatic carbocycles. The number of rotatable bonds is 6. The Morgan fingerprint density at radius 3 is 2.07 bits per heavy atom. The quantitative estimate of drug-likeness (QED) is 0.280. The molecule has 0 amide bonds. The zero-order chi connectivity index (χ0) is 20.1. The van der Waals surface area contributed by atoms with Gasteiger partial charge in [-0.15, -0.1) is 0 Å². The van der Waals surface area contributed by atoms with Crippen LogP contribution in [0.5, 0.6) is 0 Å². The number of anilines is 1. The van der Waals surface area contributed by atoms with Gasteiger partial charge in [-0.2, -0.15) is 5.10 Å². The average molecular weight is 398 g/mol. The molecule has 144 valence electrons. The highest BCUT2D eigenvalue weighted by atomic mass is 32.1. The molecule has 4 heteroatoms. The van der Waals surface area contributed by atoms with E-state index in [2.05, 4.69) is 85.0 Å². The Morgan fingerprint density at radius 2 is 1.45 bits per heavy atom. The monoisotopic (exact) mass is 397 g/mol. The summed E-state index contributed by atoms with van der Waals surface area (Å²) in [4.78, 5) is 5.95. The molecule has 0 saturated heterocycles. The van der Waals surface area contributed by atoms with Crippen molar-refractivity contribution in [3.63, 3.8) is 0 Å². The highest BCUT2D eigenvalue weighted by Gasteiger charge is 2.14. The maximum atomic E-state index is 4.82. The van der Waals surface area contributed by atoms with Gasteiger partial charge in [0.25, 0.3) is 0 Å². The molecule has 1 N–H and O–H groups in total. The molecule has 0 spiro atoms. The van der Waals surface area contributed by atoms with Gasteiger partial charge in [0.2, 0.25) is 5.13 Å². The summed E-state index contributed by atoms with van der Waals surface area (Å²) in [5, 5.41) is 5.18. The molecule has 1 heterocycles. The lowest BCUT2D eigenvalue weighted by Crippen LogP contribution is -1.91. The second-order valence-corrected chi connectivity index (χ2v) is 8.12. The van der Waals surface area contributed by atoms with Crippen molar-refractivity contribution in [3.8, 4) is 21.7 Å². The fourth-order valence-electron chi connectivity index (χ4n) is 3.07. The summed E-state index contributed by atoms with van der Waals surface area (Å²) in [5.41, 5.74) is 8.73. The van der Waals surface area contributed by atoms with Crippen LogP contribution in [0.15, 0.2) is 90.0 Å². The van der Waals surface area contributed by atoms with Gasteiger partial charge in [-0.1, -0.05) is 110 Å². The Hall–Kier alpha value is -3.24. The highest BCUT2D eigenvalue weighted by Crippen LogP contribution is 2.38. The largest absolute Gasteiger partial charge is 0.253 e. The van der Waals surface area contributed by atoms with Crippen LogP contribution in [0.3, 0.4) is 0 Å². The van der Waals surface area contributed by atoms with Crippen LogP contribution in [0, 0.1) is 0 Å². The Labute approximate surface area is 175 Å². The van der Waals surface area contributed by atoms with Crippen LogP contribution in [0.4, 0.5) is 5.13 Å². The summed E-state index contributed by atoms with van der Waals surface area (Å²) in [6, 6.07) is 29.1. The summed E-state index contributed by atoms with van der Waals surface area (Å²) < 4.78 is 0. The lowest BCUT2D eigenvalue weighted by atomic mass is 10.0. The van der Waals surface area contributed by atoms with Crippen LogP contribution < -0.4 is 5.43 Å². The molecule has 0 saturated carbocycles. The number of aromatic nitrogens is 1. The SMILES string of the molecule is CC(C)c1ccc(/C=N\Nc2nc(-c3ccccc3)c(-c3ccccc3)s2)cc1. The van der Waals surface area contributed by atoms with Crippen LogP contribution in [-0.2, 0) is 0 Å². The van der Waals surface area contributed by atoms with E-state index in [1.165, 1.54) is 5.56 Å². The minimum Gasteiger partial charge on any atom is -0.253 e. The van der Waals surface area contributed by atoms with E-state index in [4.69, 9.17) is 4.98 Å². The molecule has 3 aromatic carbocycles. The molecule has 1 aromatic heterocycles. The smallest absolute Gasteiger partial charge is 0.204 e. The van der Waals surface area contributed by atoms with Crippen LogP contribution in [0.1, 0.15) is 30.9 Å². The van der Waals surface area contributed by atoms with E-state index in [0.717, 1.165) is 32.4 Å². The molecular formula is C25H23N3S. The molecule has 4 rings (SSSR count). The van der Waals surface area contributed by atoms with Crippen molar-refractivity contribution in [3.05, 3.63) is 96.1 Å².